The van der Waals surface area contributed by atoms with Crippen molar-refractivity contribution < 1.29 is 60.8 Å². The van der Waals surface area contributed by atoms with Crippen LogP contribution in [0.1, 0.15) is 158 Å². The van der Waals surface area contributed by atoms with Crippen LogP contribution in [0, 0.1) is 17.5 Å². The highest BCUT2D eigenvalue weighted by atomic mass is 19.2. The van der Waals surface area contributed by atoms with Crippen molar-refractivity contribution in [2.75, 3.05) is 13.2 Å². The van der Waals surface area contributed by atoms with Gasteiger partial charge in [-0.3, -0.25) is 0 Å². The van der Waals surface area contributed by atoms with Crippen molar-refractivity contribution in [3.8, 4) is 34.5 Å². The molecule has 67 heavy (non-hydrogen) atoms. The summed E-state index contributed by atoms with van der Waals surface area (Å²) in [6.07, 6.45) is 19.1. The predicted octanol–water partition coefficient (Wildman–Crippen LogP) is 14.0. The zero-order valence-electron chi connectivity index (χ0n) is 38.3. The summed E-state index contributed by atoms with van der Waals surface area (Å²) in [5.74, 6) is -10.1. The highest BCUT2D eigenvalue weighted by Gasteiger charge is 2.25. The van der Waals surface area contributed by atoms with Crippen molar-refractivity contribution >= 4 is 23.9 Å². The number of ether oxygens (including phenoxy) is 6. The van der Waals surface area contributed by atoms with Crippen molar-refractivity contribution in [2.24, 2.45) is 0 Å². The van der Waals surface area contributed by atoms with Crippen LogP contribution in [0.3, 0.4) is 0 Å². The maximum atomic E-state index is 14.8. The van der Waals surface area contributed by atoms with Gasteiger partial charge in [-0.1, -0.05) is 104 Å². The third-order valence-corrected chi connectivity index (χ3v) is 10.8. The van der Waals surface area contributed by atoms with Crippen molar-refractivity contribution in [3.05, 3.63) is 143 Å². The fraction of sp³-hybridized carbons (Fsp3) is 0.370. The highest BCUT2D eigenvalue weighted by molar-refractivity contribution is 5.94. The molecule has 10 nitrogen and oxygen atoms in total. The molecule has 13 heteroatoms. The molecule has 0 aliphatic rings. The largest absolute Gasteiger partial charge is 0.494 e. The molecule has 0 unspecified atom stereocenters. The Morgan fingerprint density at radius 1 is 0.343 bits per heavy atom. The molecule has 0 heterocycles. The molecule has 0 saturated heterocycles. The zero-order chi connectivity index (χ0) is 47.8. The van der Waals surface area contributed by atoms with Crippen LogP contribution in [-0.4, -0.2) is 37.1 Å². The van der Waals surface area contributed by atoms with Crippen LogP contribution in [0.2, 0.25) is 0 Å². The molecule has 356 valence electrons. The van der Waals surface area contributed by atoms with Crippen LogP contribution < -0.4 is 28.4 Å². The van der Waals surface area contributed by atoms with E-state index in [1.807, 2.05) is 0 Å². The van der Waals surface area contributed by atoms with Crippen LogP contribution in [0.25, 0.3) is 0 Å². The number of halogens is 3. The van der Waals surface area contributed by atoms with E-state index in [4.69, 9.17) is 28.4 Å². The van der Waals surface area contributed by atoms with Gasteiger partial charge in [-0.15, -0.1) is 0 Å². The lowest BCUT2D eigenvalue weighted by atomic mass is 10.1. The van der Waals surface area contributed by atoms with Gasteiger partial charge in [0.15, 0.2) is 11.5 Å². The van der Waals surface area contributed by atoms with Crippen molar-refractivity contribution in [2.45, 2.75) is 117 Å². The molecular formula is C54H59F3O10. The second kappa shape index (κ2) is 27.8. The molecule has 0 amide bonds. The second-order valence-electron chi connectivity index (χ2n) is 16.1. The van der Waals surface area contributed by atoms with Gasteiger partial charge in [0, 0.05) is 6.07 Å². The van der Waals surface area contributed by atoms with E-state index in [9.17, 15) is 32.3 Å². The number of carbonyl (C=O) groups is 4. The predicted molar refractivity (Wildman–Crippen MR) is 248 cm³/mol. The minimum Gasteiger partial charge on any atom is -0.494 e. The molecule has 5 aromatic carbocycles. The Hall–Kier alpha value is -6.63. The lowest BCUT2D eigenvalue weighted by Gasteiger charge is -2.11. The summed E-state index contributed by atoms with van der Waals surface area (Å²) >= 11 is 0. The Bertz CT molecular complexity index is 2170. The van der Waals surface area contributed by atoms with Crippen molar-refractivity contribution in [1.29, 1.82) is 0 Å². The Balaban J connectivity index is 1.06. The fourth-order valence-electron chi connectivity index (χ4n) is 6.90. The van der Waals surface area contributed by atoms with Gasteiger partial charge in [0.2, 0.25) is 17.5 Å². The summed E-state index contributed by atoms with van der Waals surface area (Å²) in [4.78, 5) is 51.4. The van der Waals surface area contributed by atoms with E-state index in [1.165, 1.54) is 126 Å². The lowest BCUT2D eigenvalue weighted by molar-refractivity contribution is 0.0713. The van der Waals surface area contributed by atoms with Gasteiger partial charge in [-0.25, -0.2) is 23.6 Å². The van der Waals surface area contributed by atoms with E-state index in [0.29, 0.717) is 30.8 Å². The van der Waals surface area contributed by atoms with Gasteiger partial charge in [-0.2, -0.15) is 8.78 Å². The van der Waals surface area contributed by atoms with E-state index < -0.39 is 52.8 Å². The van der Waals surface area contributed by atoms with E-state index in [0.717, 1.165) is 25.7 Å². The molecule has 0 aliphatic heterocycles. The fourth-order valence-corrected chi connectivity index (χ4v) is 6.90. The SMILES string of the molecule is CCCCCCCCCCOc1ccc(C(=O)Oc2ccc(C(=O)Oc3cc(OC(=O)c4ccc(OC(=O)c5ccc(OCCCCCCCCCC)cc5)cc4)c(F)c(F)c3F)cc2)cc1. The summed E-state index contributed by atoms with van der Waals surface area (Å²) in [6.45, 7) is 5.56. The average molecular weight is 925 g/mol. The quantitative estimate of drug-likeness (QED) is 0.0207. The average Bonchev–Trinajstić information content (AvgIpc) is 3.34. The Labute approximate surface area is 390 Å². The molecule has 0 N–H and O–H groups in total. The second-order valence-corrected chi connectivity index (χ2v) is 16.1. The summed E-state index contributed by atoms with van der Waals surface area (Å²) in [5, 5.41) is 0. The summed E-state index contributed by atoms with van der Waals surface area (Å²) < 4.78 is 76.7. The normalized spacial score (nSPS) is 10.9. The van der Waals surface area contributed by atoms with Crippen LogP contribution in [0.5, 0.6) is 34.5 Å². The van der Waals surface area contributed by atoms with Crippen LogP contribution in [0.4, 0.5) is 13.2 Å². The number of hydrogen-bond donors (Lipinski definition) is 0. The van der Waals surface area contributed by atoms with Crippen molar-refractivity contribution in [3.63, 3.8) is 0 Å². The minimum absolute atomic E-state index is 0.0795. The number of carbonyl (C=O) groups excluding carboxylic acids is 4. The van der Waals surface area contributed by atoms with Gasteiger partial charge >= 0.3 is 23.9 Å². The van der Waals surface area contributed by atoms with Gasteiger partial charge in [0.05, 0.1) is 35.5 Å². The molecular weight excluding hydrogens is 866 g/mol. The molecule has 0 spiro atoms. The lowest BCUT2D eigenvalue weighted by Crippen LogP contribution is -2.14. The van der Waals surface area contributed by atoms with Crippen LogP contribution in [-0.2, 0) is 0 Å². The third-order valence-electron chi connectivity index (χ3n) is 10.8. The van der Waals surface area contributed by atoms with E-state index in [-0.39, 0.29) is 33.8 Å². The first-order valence-electron chi connectivity index (χ1n) is 23.3. The van der Waals surface area contributed by atoms with E-state index in [2.05, 4.69) is 13.8 Å². The topological polar surface area (TPSA) is 124 Å². The monoisotopic (exact) mass is 924 g/mol. The third kappa shape index (κ3) is 17.0. The number of rotatable bonds is 28. The Morgan fingerprint density at radius 2 is 0.612 bits per heavy atom. The molecule has 5 rings (SSSR count). The van der Waals surface area contributed by atoms with Gasteiger partial charge in [0.25, 0.3) is 0 Å². The molecule has 0 atom stereocenters. The van der Waals surface area contributed by atoms with Gasteiger partial charge < -0.3 is 28.4 Å². The minimum atomic E-state index is -2.05. The number of hydrogen-bond acceptors (Lipinski definition) is 10. The number of benzene rings is 5. The first-order chi connectivity index (χ1) is 32.6. The van der Waals surface area contributed by atoms with E-state index in [1.54, 1.807) is 48.5 Å². The summed E-state index contributed by atoms with van der Waals surface area (Å²) in [7, 11) is 0. The summed E-state index contributed by atoms with van der Waals surface area (Å²) in [5.41, 5.74) is 0.213. The van der Waals surface area contributed by atoms with Crippen molar-refractivity contribution in [1.82, 2.24) is 0 Å². The highest BCUT2D eigenvalue weighted by Crippen LogP contribution is 2.32. The maximum absolute atomic E-state index is 14.8. The molecule has 0 aromatic heterocycles. The number of unbranched alkanes of at least 4 members (excludes halogenated alkanes) is 14. The molecule has 0 saturated carbocycles. The zero-order valence-corrected chi connectivity index (χ0v) is 38.3. The van der Waals surface area contributed by atoms with Gasteiger partial charge in [0.1, 0.15) is 23.0 Å². The number of esters is 4. The maximum Gasteiger partial charge on any atom is 0.343 e. The molecule has 5 aromatic rings. The molecule has 0 aliphatic carbocycles. The van der Waals surface area contributed by atoms with E-state index >= 15 is 0 Å². The molecule has 0 radical (unpaired) electrons. The summed E-state index contributed by atoms with van der Waals surface area (Å²) in [6, 6.07) is 23.6. The van der Waals surface area contributed by atoms with Gasteiger partial charge in [-0.05, 0) is 110 Å². The molecule has 0 bridgehead atoms. The smallest absolute Gasteiger partial charge is 0.343 e. The molecule has 0 fully saturated rings. The van der Waals surface area contributed by atoms with Crippen LogP contribution in [0.15, 0.2) is 103 Å². The Morgan fingerprint density at radius 3 is 0.925 bits per heavy atom. The van der Waals surface area contributed by atoms with Crippen LogP contribution >= 0.6 is 0 Å². The standard InChI is InChI=1S/C54H59F3O10/c1-3-5-7-9-11-13-15-17-35-62-42-27-19-38(20-28-42)51(58)64-44-31-23-40(24-32-44)53(60)66-46-37-47(49(56)50(57)48(46)55)67-54(61)41-25-33-45(34-26-41)65-52(59)39-21-29-43(30-22-39)63-36-18-16-14-12-10-8-6-4-2/h19-34,37H,3-18,35-36H2,1-2H3. The Kier molecular flexibility index (Phi) is 21.3. The first kappa shape index (κ1) is 51.4. The first-order valence-corrected chi connectivity index (χ1v) is 23.3.